The molecule has 1 N–H and O–H groups in total. The van der Waals surface area contributed by atoms with Gasteiger partial charge in [0.15, 0.2) is 0 Å². The number of nitrogens with one attached hydrogen (secondary N) is 1. The van der Waals surface area contributed by atoms with Crippen LogP contribution in [0.5, 0.6) is 0 Å². The topological polar surface area (TPSA) is 51.1 Å². The zero-order valence-electron chi connectivity index (χ0n) is 13.3. The lowest BCUT2D eigenvalue weighted by molar-refractivity contribution is -0.107. The van der Waals surface area contributed by atoms with E-state index in [0.717, 1.165) is 22.5 Å². The van der Waals surface area contributed by atoms with Crippen LogP contribution in [0, 0.1) is 11.6 Å². The molecule has 1 fully saturated rings. The lowest BCUT2D eigenvalue weighted by Gasteiger charge is -2.07. The van der Waals surface area contributed by atoms with Gasteiger partial charge < -0.3 is 9.88 Å². The zero-order chi connectivity index (χ0) is 18.3. The lowest BCUT2D eigenvalue weighted by Crippen LogP contribution is -2.10. The van der Waals surface area contributed by atoms with Crippen molar-refractivity contribution in [3.8, 4) is 0 Å². The SMILES string of the molecule is O=C1NC(=Cc2cccc3c2ccn3Cc2cc(F)cc(F)c2)C(=O)S1. The van der Waals surface area contributed by atoms with E-state index in [9.17, 15) is 18.4 Å². The Labute approximate surface area is 151 Å². The number of benzene rings is 2. The van der Waals surface area contributed by atoms with Crippen molar-refractivity contribution in [3.05, 3.63) is 77.1 Å². The molecule has 130 valence electrons. The van der Waals surface area contributed by atoms with Gasteiger partial charge in [-0.25, -0.2) is 8.78 Å². The molecular weight excluding hydrogens is 358 g/mol. The Hall–Kier alpha value is -2.93. The lowest BCUT2D eigenvalue weighted by atomic mass is 10.1. The van der Waals surface area contributed by atoms with Crippen molar-refractivity contribution in [2.75, 3.05) is 0 Å². The number of thioether (sulfide) groups is 1. The number of hydrogen-bond donors (Lipinski definition) is 1. The second-order valence-corrected chi connectivity index (χ2v) is 6.81. The second-order valence-electron chi connectivity index (χ2n) is 5.86. The predicted molar refractivity (Wildman–Crippen MR) is 96.5 cm³/mol. The van der Waals surface area contributed by atoms with Crippen molar-refractivity contribution in [2.45, 2.75) is 6.54 Å². The molecule has 0 aliphatic carbocycles. The minimum Gasteiger partial charge on any atom is -0.343 e. The Morgan fingerprint density at radius 3 is 2.54 bits per heavy atom. The first-order valence-corrected chi connectivity index (χ1v) is 8.59. The smallest absolute Gasteiger partial charge is 0.291 e. The van der Waals surface area contributed by atoms with E-state index in [1.165, 1.54) is 12.1 Å². The van der Waals surface area contributed by atoms with Gasteiger partial charge in [0.1, 0.15) is 11.6 Å². The van der Waals surface area contributed by atoms with Gasteiger partial charge >= 0.3 is 0 Å². The summed E-state index contributed by atoms with van der Waals surface area (Å²) in [7, 11) is 0. The average Bonchev–Trinajstić information content (AvgIpc) is 3.11. The molecule has 0 saturated carbocycles. The molecule has 4 nitrogen and oxygen atoms in total. The van der Waals surface area contributed by atoms with Crippen LogP contribution in [-0.2, 0) is 11.3 Å². The first kappa shape index (κ1) is 16.5. The number of carbonyl (C=O) groups excluding carboxylic acids is 2. The fourth-order valence-electron chi connectivity index (χ4n) is 2.99. The minimum atomic E-state index is -0.616. The van der Waals surface area contributed by atoms with Crippen LogP contribution in [0.25, 0.3) is 17.0 Å². The van der Waals surface area contributed by atoms with Gasteiger partial charge in [0.2, 0.25) is 5.12 Å². The average molecular weight is 370 g/mol. The Morgan fingerprint density at radius 1 is 1.08 bits per heavy atom. The quantitative estimate of drug-likeness (QED) is 0.700. The number of rotatable bonds is 3. The van der Waals surface area contributed by atoms with E-state index in [4.69, 9.17) is 0 Å². The van der Waals surface area contributed by atoms with E-state index in [1.54, 1.807) is 6.08 Å². The molecule has 7 heteroatoms. The third-order valence-corrected chi connectivity index (χ3v) is 4.76. The molecule has 1 saturated heterocycles. The van der Waals surface area contributed by atoms with Crippen molar-refractivity contribution in [1.82, 2.24) is 9.88 Å². The van der Waals surface area contributed by atoms with Crippen LogP contribution in [0.1, 0.15) is 11.1 Å². The van der Waals surface area contributed by atoms with E-state index < -0.39 is 11.6 Å². The minimum absolute atomic E-state index is 0.243. The van der Waals surface area contributed by atoms with E-state index in [1.807, 2.05) is 35.0 Å². The Balaban J connectivity index is 1.72. The summed E-state index contributed by atoms with van der Waals surface area (Å²) in [5.41, 5.74) is 2.39. The first-order valence-electron chi connectivity index (χ1n) is 7.77. The number of amides is 1. The molecule has 2 heterocycles. The molecule has 0 radical (unpaired) electrons. The second kappa shape index (κ2) is 6.42. The van der Waals surface area contributed by atoms with Crippen LogP contribution in [0.15, 0.2) is 54.4 Å². The highest BCUT2D eigenvalue weighted by Gasteiger charge is 2.25. The fourth-order valence-corrected chi connectivity index (χ4v) is 3.54. The molecule has 1 amide bonds. The molecule has 1 aliphatic rings. The Bertz CT molecular complexity index is 1070. The van der Waals surface area contributed by atoms with Crippen LogP contribution in [-0.4, -0.2) is 14.9 Å². The van der Waals surface area contributed by atoms with Gasteiger partial charge in [-0.1, -0.05) is 12.1 Å². The fraction of sp³-hybridized carbons (Fsp3) is 0.0526. The highest BCUT2D eigenvalue weighted by molar-refractivity contribution is 8.27. The molecule has 4 rings (SSSR count). The summed E-state index contributed by atoms with van der Waals surface area (Å²) in [4.78, 5) is 23.1. The van der Waals surface area contributed by atoms with Crippen LogP contribution >= 0.6 is 11.8 Å². The molecule has 0 unspecified atom stereocenters. The van der Waals surface area contributed by atoms with E-state index in [-0.39, 0.29) is 16.1 Å². The molecule has 3 aromatic rings. The largest absolute Gasteiger partial charge is 0.343 e. The molecule has 26 heavy (non-hydrogen) atoms. The van der Waals surface area contributed by atoms with Gasteiger partial charge in [-0.05, 0) is 41.5 Å². The summed E-state index contributed by atoms with van der Waals surface area (Å²) in [5, 5.41) is 2.68. The highest BCUT2D eigenvalue weighted by atomic mass is 32.2. The summed E-state index contributed by atoms with van der Waals surface area (Å²) >= 11 is 0.629. The number of aromatic nitrogens is 1. The van der Waals surface area contributed by atoms with Crippen LogP contribution in [0.3, 0.4) is 0 Å². The number of halogens is 2. The Kier molecular flexibility index (Phi) is 4.08. The van der Waals surface area contributed by atoms with Crippen LogP contribution < -0.4 is 5.32 Å². The summed E-state index contributed by atoms with van der Waals surface area (Å²) in [6.07, 6.45) is 3.45. The molecule has 1 aliphatic heterocycles. The predicted octanol–water partition coefficient (Wildman–Crippen LogP) is 4.29. The van der Waals surface area contributed by atoms with E-state index in [0.29, 0.717) is 23.9 Å². The van der Waals surface area contributed by atoms with Crippen molar-refractivity contribution in [1.29, 1.82) is 0 Å². The molecule has 0 atom stereocenters. The van der Waals surface area contributed by atoms with Crippen LogP contribution in [0.2, 0.25) is 0 Å². The molecule has 2 aromatic carbocycles. The van der Waals surface area contributed by atoms with E-state index >= 15 is 0 Å². The standard InChI is InChI=1S/C19H12F2N2O2S/c20-13-6-11(7-14(21)9-13)10-23-5-4-15-12(2-1-3-17(15)23)8-16-18(24)26-19(25)22-16/h1-9H,10H2,(H,22,25). The first-order chi connectivity index (χ1) is 12.5. The van der Waals surface area contributed by atoms with Crippen molar-refractivity contribution >= 4 is 39.1 Å². The number of nitrogens with zero attached hydrogens (tertiary/aromatic N) is 1. The Morgan fingerprint density at radius 2 is 1.85 bits per heavy atom. The van der Waals surface area contributed by atoms with E-state index in [2.05, 4.69) is 5.32 Å². The van der Waals surface area contributed by atoms with Gasteiger partial charge in [-0.3, -0.25) is 9.59 Å². The highest BCUT2D eigenvalue weighted by Crippen LogP contribution is 2.26. The van der Waals surface area contributed by atoms with Crippen LogP contribution in [0.4, 0.5) is 13.6 Å². The molecule has 1 aromatic heterocycles. The summed E-state index contributed by atoms with van der Waals surface area (Å²) < 4.78 is 28.7. The van der Waals surface area contributed by atoms with Crippen molar-refractivity contribution < 1.29 is 18.4 Å². The van der Waals surface area contributed by atoms with Gasteiger partial charge in [0, 0.05) is 41.5 Å². The number of fused-ring (bicyclic) bond motifs is 1. The van der Waals surface area contributed by atoms with Crippen molar-refractivity contribution in [2.24, 2.45) is 0 Å². The third kappa shape index (κ3) is 3.13. The molecular formula is C19H12F2N2O2S. The van der Waals surface area contributed by atoms with Crippen molar-refractivity contribution in [3.63, 3.8) is 0 Å². The number of hydrogen-bond acceptors (Lipinski definition) is 3. The third-order valence-electron chi connectivity index (χ3n) is 4.06. The maximum atomic E-state index is 13.4. The maximum absolute atomic E-state index is 13.4. The summed E-state index contributed by atoms with van der Waals surface area (Å²) in [6, 6.07) is 10.8. The van der Waals surface area contributed by atoms with Gasteiger partial charge in [0.05, 0.1) is 5.70 Å². The summed E-state index contributed by atoms with van der Waals surface area (Å²) in [5.74, 6) is -1.23. The maximum Gasteiger partial charge on any atom is 0.291 e. The normalized spacial score (nSPS) is 15.8. The molecule has 0 spiro atoms. The van der Waals surface area contributed by atoms with Gasteiger partial charge in [0.25, 0.3) is 5.24 Å². The zero-order valence-corrected chi connectivity index (χ0v) is 14.1. The van der Waals surface area contributed by atoms with Gasteiger partial charge in [-0.2, -0.15) is 0 Å². The summed E-state index contributed by atoms with van der Waals surface area (Å²) in [6.45, 7) is 0.309. The van der Waals surface area contributed by atoms with Gasteiger partial charge in [-0.15, -0.1) is 0 Å². The number of carbonyl (C=O) groups is 2. The monoisotopic (exact) mass is 370 g/mol. The molecule has 0 bridgehead atoms.